The first kappa shape index (κ1) is 23.7. The Morgan fingerprint density at radius 2 is 1.50 bits per heavy atom. The predicted octanol–water partition coefficient (Wildman–Crippen LogP) is 2.97. The molecule has 0 aliphatic rings. The first-order chi connectivity index (χ1) is 17.1. The van der Waals surface area contributed by atoms with Gasteiger partial charge in [-0.1, -0.05) is 0 Å². The minimum atomic E-state index is -1.03. The zero-order chi connectivity index (χ0) is 26.0. The Labute approximate surface area is 199 Å². The van der Waals surface area contributed by atoms with Crippen LogP contribution in [0.3, 0.4) is 0 Å². The highest BCUT2D eigenvalue weighted by Gasteiger charge is 2.18. The lowest BCUT2D eigenvalue weighted by Crippen LogP contribution is -2.16. The van der Waals surface area contributed by atoms with Crippen molar-refractivity contribution in [2.24, 2.45) is 5.73 Å². The maximum absolute atomic E-state index is 14.2. The second-order valence-electron chi connectivity index (χ2n) is 7.00. The number of nitro groups is 1. The number of nitrogens with two attached hydrogens (primary N) is 3. The van der Waals surface area contributed by atoms with Crippen LogP contribution in [0.1, 0.15) is 10.6 Å². The Bertz CT molecular complexity index is 1520. The molecule has 0 spiro atoms. The number of halogens is 2. The van der Waals surface area contributed by atoms with Gasteiger partial charge in [-0.15, -0.1) is 0 Å². The summed E-state index contributed by atoms with van der Waals surface area (Å²) in [6.07, 6.45) is 0. The lowest BCUT2D eigenvalue weighted by Gasteiger charge is -2.10. The second-order valence-corrected chi connectivity index (χ2v) is 7.00. The van der Waals surface area contributed by atoms with E-state index in [0.717, 1.165) is 24.3 Å². The third-order valence-corrected chi connectivity index (χ3v) is 4.39. The van der Waals surface area contributed by atoms with Crippen LogP contribution in [0.15, 0.2) is 48.5 Å². The third kappa shape index (κ3) is 5.19. The van der Waals surface area contributed by atoms with E-state index in [1.807, 2.05) is 0 Å². The average molecular weight is 496 g/mol. The maximum atomic E-state index is 14.2. The molecule has 4 aromatic rings. The smallest absolute Gasteiger partial charge is 0.286 e. The summed E-state index contributed by atoms with van der Waals surface area (Å²) in [6, 6.07) is 8.73. The van der Waals surface area contributed by atoms with Crippen molar-refractivity contribution in [3.63, 3.8) is 0 Å². The first-order valence-electron chi connectivity index (χ1n) is 9.77. The Kier molecular flexibility index (Phi) is 6.19. The summed E-state index contributed by atoms with van der Waals surface area (Å²) in [7, 11) is 0. The zero-order valence-corrected chi connectivity index (χ0v) is 17.9. The monoisotopic (exact) mass is 496 g/mol. The Balaban J connectivity index is 1.71. The zero-order valence-electron chi connectivity index (χ0n) is 17.9. The van der Waals surface area contributed by atoms with Crippen LogP contribution in [0.2, 0.25) is 0 Å². The first-order valence-corrected chi connectivity index (χ1v) is 9.77. The number of aromatic nitrogens is 4. The van der Waals surface area contributed by atoms with Gasteiger partial charge in [0.05, 0.1) is 11.0 Å². The number of carbonyl (C=O) groups is 1. The molecule has 4 rings (SSSR count). The van der Waals surface area contributed by atoms with E-state index in [-0.39, 0.29) is 46.3 Å². The van der Waals surface area contributed by atoms with E-state index in [9.17, 15) is 23.7 Å². The minimum Gasteiger partial charge on any atom is -0.436 e. The molecule has 0 radical (unpaired) electrons. The van der Waals surface area contributed by atoms with Gasteiger partial charge in [0.2, 0.25) is 17.6 Å². The highest BCUT2D eigenvalue weighted by atomic mass is 19.1. The van der Waals surface area contributed by atoms with Gasteiger partial charge in [0.1, 0.15) is 11.5 Å². The van der Waals surface area contributed by atoms with Gasteiger partial charge < -0.3 is 26.7 Å². The number of hydrogen-bond acceptors (Lipinski definition) is 11. The molecule has 15 heteroatoms. The maximum Gasteiger partial charge on any atom is 0.286 e. The molecule has 0 saturated carbocycles. The Hall–Kier alpha value is -5.47. The summed E-state index contributed by atoms with van der Waals surface area (Å²) < 4.78 is 39.2. The van der Waals surface area contributed by atoms with E-state index < -0.39 is 34.0 Å². The Morgan fingerprint density at radius 1 is 0.861 bits per heavy atom. The molecular formula is C21H14F2N8O5. The van der Waals surface area contributed by atoms with E-state index in [0.29, 0.717) is 6.07 Å². The molecule has 2 aromatic heterocycles. The van der Waals surface area contributed by atoms with Crippen molar-refractivity contribution in [3.8, 4) is 34.8 Å². The van der Waals surface area contributed by atoms with Crippen LogP contribution >= 0.6 is 0 Å². The van der Waals surface area contributed by atoms with E-state index in [2.05, 4.69) is 19.9 Å². The van der Waals surface area contributed by atoms with Gasteiger partial charge in [-0.3, -0.25) is 14.9 Å². The number of benzene rings is 2. The predicted molar refractivity (Wildman–Crippen MR) is 120 cm³/mol. The van der Waals surface area contributed by atoms with Gasteiger partial charge in [0, 0.05) is 30.0 Å². The van der Waals surface area contributed by atoms with E-state index in [4.69, 9.17) is 26.7 Å². The van der Waals surface area contributed by atoms with Gasteiger partial charge in [-0.2, -0.15) is 9.97 Å². The molecule has 1 amide bonds. The number of nitro benzene ring substituents is 1. The molecule has 6 N–H and O–H groups in total. The molecule has 36 heavy (non-hydrogen) atoms. The normalized spacial score (nSPS) is 10.6. The van der Waals surface area contributed by atoms with Gasteiger partial charge in [-0.05, 0) is 18.2 Å². The summed E-state index contributed by atoms with van der Waals surface area (Å²) in [5.74, 6) is -4.88. The molecule has 0 fully saturated rings. The highest BCUT2D eigenvalue weighted by molar-refractivity contribution is 5.89. The largest absolute Gasteiger partial charge is 0.436 e. The number of nitrogens with zero attached hydrogens (tertiary/aromatic N) is 5. The number of nitrogen functional groups attached to an aromatic ring is 2. The molecule has 182 valence electrons. The van der Waals surface area contributed by atoms with Gasteiger partial charge in [0.25, 0.3) is 11.6 Å². The van der Waals surface area contributed by atoms with Crippen molar-refractivity contribution in [2.45, 2.75) is 0 Å². The molecule has 0 unspecified atom stereocenters. The summed E-state index contributed by atoms with van der Waals surface area (Å²) in [5, 5.41) is 10.8. The fourth-order valence-corrected chi connectivity index (χ4v) is 2.82. The van der Waals surface area contributed by atoms with Crippen LogP contribution in [0.4, 0.5) is 26.0 Å². The quantitative estimate of drug-likeness (QED) is 0.192. The second kappa shape index (κ2) is 9.41. The third-order valence-electron chi connectivity index (χ3n) is 4.39. The number of rotatable bonds is 7. The number of amides is 1. The fraction of sp³-hybridized carbons (Fsp3) is 0. The van der Waals surface area contributed by atoms with Gasteiger partial charge >= 0.3 is 0 Å². The molecule has 0 atom stereocenters. The molecule has 0 aliphatic carbocycles. The summed E-state index contributed by atoms with van der Waals surface area (Å²) in [6.45, 7) is 0. The van der Waals surface area contributed by atoms with Crippen LogP contribution in [0, 0.1) is 21.7 Å². The number of primary amides is 1. The SMILES string of the molecule is NC(=O)c1nc(Oc2ccc(N)cc2F)cc(-c2nc(N)cc(Oc3ccc([N+](=O)[O-])cc3F)n2)n1. The molecule has 2 heterocycles. The van der Waals surface area contributed by atoms with Crippen molar-refractivity contribution < 1.29 is 28.0 Å². The van der Waals surface area contributed by atoms with Crippen molar-refractivity contribution in [1.82, 2.24) is 19.9 Å². The lowest BCUT2D eigenvalue weighted by molar-refractivity contribution is -0.385. The fourth-order valence-electron chi connectivity index (χ4n) is 2.82. The number of carbonyl (C=O) groups excluding carboxylic acids is 1. The average Bonchev–Trinajstić information content (AvgIpc) is 2.81. The summed E-state index contributed by atoms with van der Waals surface area (Å²) >= 11 is 0. The van der Waals surface area contributed by atoms with E-state index >= 15 is 0 Å². The molecule has 2 aromatic carbocycles. The number of anilines is 2. The van der Waals surface area contributed by atoms with Crippen molar-refractivity contribution in [2.75, 3.05) is 11.5 Å². The van der Waals surface area contributed by atoms with Crippen molar-refractivity contribution in [1.29, 1.82) is 0 Å². The van der Waals surface area contributed by atoms with Crippen LogP contribution in [-0.4, -0.2) is 30.8 Å². The molecule has 0 bridgehead atoms. The van der Waals surface area contributed by atoms with Crippen LogP contribution in [0.25, 0.3) is 11.5 Å². The molecule has 0 aliphatic heterocycles. The van der Waals surface area contributed by atoms with Gasteiger partial charge in [-0.25, -0.2) is 18.7 Å². The minimum absolute atomic E-state index is 0.119. The lowest BCUT2D eigenvalue weighted by atomic mass is 10.3. The standard InChI is InChI=1S/C21H14F2N8O5/c22-11-5-9(24)1-3-14(11)35-17-7-13(27-21(30-17)19(26)32)20-28-16(25)8-18(29-20)36-15-4-2-10(31(33)34)6-12(15)23/h1-8H,24H2,(H2,26,32)(H2,25,28,29). The number of non-ortho nitro benzene ring substituents is 1. The Morgan fingerprint density at radius 3 is 2.11 bits per heavy atom. The molecule has 13 nitrogen and oxygen atoms in total. The summed E-state index contributed by atoms with van der Waals surface area (Å²) in [5.41, 5.74) is 16.2. The topological polar surface area (TPSA) is 208 Å². The molecule has 0 saturated heterocycles. The van der Waals surface area contributed by atoms with Crippen LogP contribution in [-0.2, 0) is 0 Å². The summed E-state index contributed by atoms with van der Waals surface area (Å²) in [4.78, 5) is 37.7. The number of hydrogen-bond donors (Lipinski definition) is 3. The van der Waals surface area contributed by atoms with E-state index in [1.54, 1.807) is 0 Å². The van der Waals surface area contributed by atoms with Crippen molar-refractivity contribution in [3.05, 3.63) is 76.1 Å². The molecular weight excluding hydrogens is 482 g/mol. The number of ether oxygens (including phenoxy) is 2. The van der Waals surface area contributed by atoms with Crippen LogP contribution < -0.4 is 26.7 Å². The van der Waals surface area contributed by atoms with E-state index in [1.165, 1.54) is 18.2 Å². The van der Waals surface area contributed by atoms with Crippen molar-refractivity contribution >= 4 is 23.1 Å². The highest BCUT2D eigenvalue weighted by Crippen LogP contribution is 2.30. The van der Waals surface area contributed by atoms with Gasteiger partial charge in [0.15, 0.2) is 29.0 Å². The van der Waals surface area contributed by atoms with Crippen LogP contribution in [0.5, 0.6) is 23.3 Å².